The minimum Gasteiger partial charge on any atom is -0.315 e. The summed E-state index contributed by atoms with van der Waals surface area (Å²) in [4.78, 5) is 0. The highest BCUT2D eigenvalue weighted by Gasteiger charge is 2.40. The number of benzene rings is 2. The second kappa shape index (κ2) is 6.62. The second-order valence-electron chi connectivity index (χ2n) is 5.55. The highest BCUT2D eigenvalue weighted by atomic mass is 32.2. The summed E-state index contributed by atoms with van der Waals surface area (Å²) in [5.41, 5.74) is 2.38. The van der Waals surface area contributed by atoms with Crippen LogP contribution in [0.3, 0.4) is 0 Å². The fraction of sp³-hybridized carbons (Fsp3) is 0.235. The summed E-state index contributed by atoms with van der Waals surface area (Å²) in [7, 11) is -1.93. The van der Waals surface area contributed by atoms with Crippen LogP contribution in [0.25, 0.3) is 0 Å². The van der Waals surface area contributed by atoms with Crippen molar-refractivity contribution in [1.29, 1.82) is 5.41 Å². The second-order valence-corrected chi connectivity index (χ2v) is 7.25. The van der Waals surface area contributed by atoms with Gasteiger partial charge in [-0.25, -0.2) is 4.31 Å². The molecule has 2 aromatic rings. The Kier molecular flexibility index (Phi) is 4.55. The summed E-state index contributed by atoms with van der Waals surface area (Å²) in [6, 6.07) is 16.3. The molecule has 24 heavy (non-hydrogen) atoms. The molecule has 1 aliphatic rings. The van der Waals surface area contributed by atoms with Crippen molar-refractivity contribution in [2.75, 3.05) is 28.7 Å². The molecule has 1 heterocycles. The van der Waals surface area contributed by atoms with Crippen molar-refractivity contribution in [2.45, 2.75) is 6.42 Å². The molecular formula is C17H20N4O2S. The van der Waals surface area contributed by atoms with Crippen molar-refractivity contribution in [3.05, 3.63) is 54.6 Å². The average Bonchev–Trinajstić information content (AvgIpc) is 2.80. The van der Waals surface area contributed by atoms with Crippen LogP contribution in [0.2, 0.25) is 0 Å². The smallest absolute Gasteiger partial charge is 0.315 e. The fourth-order valence-corrected chi connectivity index (χ4v) is 4.52. The Balaban J connectivity index is 1.98. The van der Waals surface area contributed by atoms with Gasteiger partial charge in [-0.1, -0.05) is 30.3 Å². The lowest BCUT2D eigenvalue weighted by atomic mass is 10.2. The monoisotopic (exact) mass is 344 g/mol. The van der Waals surface area contributed by atoms with Crippen LogP contribution in [-0.2, 0) is 10.2 Å². The van der Waals surface area contributed by atoms with E-state index in [1.165, 1.54) is 8.61 Å². The molecule has 0 saturated heterocycles. The zero-order valence-corrected chi connectivity index (χ0v) is 14.3. The minimum atomic E-state index is -3.70. The quantitative estimate of drug-likeness (QED) is 0.791. The van der Waals surface area contributed by atoms with Crippen LogP contribution in [0.5, 0.6) is 0 Å². The topological polar surface area (TPSA) is 76.5 Å². The molecule has 0 fully saturated rings. The van der Waals surface area contributed by atoms with Crippen LogP contribution in [0.4, 0.5) is 17.1 Å². The van der Waals surface area contributed by atoms with Crippen molar-refractivity contribution in [1.82, 2.24) is 5.32 Å². The van der Waals surface area contributed by atoms with Gasteiger partial charge in [0.1, 0.15) is 0 Å². The zero-order chi connectivity index (χ0) is 17.2. The number of anilines is 3. The van der Waals surface area contributed by atoms with Crippen LogP contribution in [-0.4, -0.2) is 34.3 Å². The molecular weight excluding hydrogens is 324 g/mol. The molecule has 0 saturated carbocycles. The highest BCUT2D eigenvalue weighted by Crippen LogP contribution is 2.44. The van der Waals surface area contributed by atoms with E-state index in [2.05, 4.69) is 5.32 Å². The van der Waals surface area contributed by atoms with Gasteiger partial charge in [0.05, 0.1) is 17.1 Å². The molecule has 1 aliphatic heterocycles. The van der Waals surface area contributed by atoms with Crippen LogP contribution in [0.1, 0.15) is 6.42 Å². The maximum absolute atomic E-state index is 13.1. The maximum atomic E-state index is 13.1. The third-order valence-electron chi connectivity index (χ3n) is 3.88. The van der Waals surface area contributed by atoms with Crippen LogP contribution >= 0.6 is 0 Å². The molecule has 3 rings (SSSR count). The summed E-state index contributed by atoms with van der Waals surface area (Å²) < 4.78 is 28.9. The van der Waals surface area contributed by atoms with Gasteiger partial charge in [0.15, 0.2) is 0 Å². The Bertz CT molecular complexity index is 837. The summed E-state index contributed by atoms with van der Waals surface area (Å²) in [5, 5.41) is 10.8. The first-order chi connectivity index (χ1) is 11.6. The van der Waals surface area contributed by atoms with Gasteiger partial charge in [-0.15, -0.1) is 0 Å². The number of para-hydroxylation sites is 3. The van der Waals surface area contributed by atoms with Crippen LogP contribution in [0, 0.1) is 5.41 Å². The number of hydrogen-bond acceptors (Lipinski definition) is 4. The lowest BCUT2D eigenvalue weighted by Crippen LogP contribution is -2.37. The summed E-state index contributed by atoms with van der Waals surface area (Å²) in [6.07, 6.45) is 0.386. The van der Waals surface area contributed by atoms with Gasteiger partial charge in [-0.3, -0.25) is 4.31 Å². The van der Waals surface area contributed by atoms with E-state index in [-0.39, 0.29) is 6.54 Å². The Morgan fingerprint density at radius 2 is 1.67 bits per heavy atom. The molecule has 0 amide bonds. The van der Waals surface area contributed by atoms with Gasteiger partial charge < -0.3 is 10.7 Å². The molecule has 0 spiro atoms. The van der Waals surface area contributed by atoms with E-state index >= 15 is 0 Å². The Hall–Kier alpha value is -2.38. The predicted octanol–water partition coefficient (Wildman–Crippen LogP) is 2.52. The van der Waals surface area contributed by atoms with Crippen molar-refractivity contribution >= 4 is 33.0 Å². The molecule has 0 aromatic heterocycles. The highest BCUT2D eigenvalue weighted by molar-refractivity contribution is 7.95. The SMILES string of the molecule is CNCC(=N)CCN1c2ccccc2N(c2ccccc2)S1(=O)=O. The minimum absolute atomic E-state index is 0.253. The predicted molar refractivity (Wildman–Crippen MR) is 97.6 cm³/mol. The summed E-state index contributed by atoms with van der Waals surface area (Å²) >= 11 is 0. The van der Waals surface area contributed by atoms with E-state index in [0.717, 1.165) is 0 Å². The Morgan fingerprint density at radius 1 is 1.04 bits per heavy atom. The van der Waals surface area contributed by atoms with E-state index in [0.29, 0.717) is 35.7 Å². The lowest BCUT2D eigenvalue weighted by molar-refractivity contribution is 0.594. The maximum Gasteiger partial charge on any atom is 0.330 e. The van der Waals surface area contributed by atoms with Gasteiger partial charge in [0.2, 0.25) is 0 Å². The standard InChI is InChI=1S/C17H20N4O2S/c1-19-13-14(18)11-12-20-16-9-5-6-10-17(16)21(24(20,22)23)15-7-3-2-4-8-15/h2-10,18-19H,11-13H2,1H3. The number of hydrogen-bond donors (Lipinski definition) is 2. The molecule has 0 radical (unpaired) electrons. The summed E-state index contributed by atoms with van der Waals surface area (Å²) in [6.45, 7) is 0.709. The summed E-state index contributed by atoms with van der Waals surface area (Å²) in [5.74, 6) is 0. The fourth-order valence-electron chi connectivity index (χ4n) is 2.80. The van der Waals surface area contributed by atoms with Crippen molar-refractivity contribution < 1.29 is 8.42 Å². The average molecular weight is 344 g/mol. The molecule has 7 heteroatoms. The first-order valence-corrected chi connectivity index (χ1v) is 9.13. The largest absolute Gasteiger partial charge is 0.330 e. The third kappa shape index (κ3) is 2.88. The number of nitrogens with one attached hydrogen (secondary N) is 2. The number of fused-ring (bicyclic) bond motifs is 1. The Morgan fingerprint density at radius 3 is 2.33 bits per heavy atom. The molecule has 6 nitrogen and oxygen atoms in total. The van der Waals surface area contributed by atoms with Crippen molar-refractivity contribution in [3.63, 3.8) is 0 Å². The molecule has 0 bridgehead atoms. The lowest BCUT2D eigenvalue weighted by Gasteiger charge is -2.21. The van der Waals surface area contributed by atoms with E-state index in [4.69, 9.17) is 5.41 Å². The van der Waals surface area contributed by atoms with Gasteiger partial charge >= 0.3 is 10.2 Å². The molecule has 2 aromatic carbocycles. The molecule has 0 aliphatic carbocycles. The number of rotatable bonds is 6. The molecule has 2 N–H and O–H groups in total. The first-order valence-electron chi connectivity index (χ1n) is 7.73. The van der Waals surface area contributed by atoms with E-state index < -0.39 is 10.2 Å². The third-order valence-corrected chi connectivity index (χ3v) is 5.68. The Labute approximate surface area is 142 Å². The number of nitrogens with zero attached hydrogens (tertiary/aromatic N) is 2. The molecule has 126 valence electrons. The van der Waals surface area contributed by atoms with Crippen LogP contribution in [0.15, 0.2) is 54.6 Å². The van der Waals surface area contributed by atoms with Crippen molar-refractivity contribution in [2.24, 2.45) is 0 Å². The molecule has 0 unspecified atom stereocenters. The van der Waals surface area contributed by atoms with Gasteiger partial charge in [-0.05, 0) is 31.3 Å². The van der Waals surface area contributed by atoms with E-state index in [9.17, 15) is 8.42 Å². The van der Waals surface area contributed by atoms with Gasteiger partial charge in [0.25, 0.3) is 0 Å². The van der Waals surface area contributed by atoms with Crippen LogP contribution < -0.4 is 13.9 Å². The van der Waals surface area contributed by atoms with Crippen molar-refractivity contribution in [3.8, 4) is 0 Å². The normalized spacial score (nSPS) is 15.4. The zero-order valence-electron chi connectivity index (χ0n) is 13.4. The van der Waals surface area contributed by atoms with E-state index in [1.54, 1.807) is 31.3 Å². The van der Waals surface area contributed by atoms with Gasteiger partial charge in [0, 0.05) is 25.2 Å². The molecule has 0 atom stereocenters. The van der Waals surface area contributed by atoms with Gasteiger partial charge in [-0.2, -0.15) is 8.42 Å². The first kappa shape index (κ1) is 16.5. The van der Waals surface area contributed by atoms with E-state index in [1.807, 2.05) is 30.3 Å².